The lowest BCUT2D eigenvalue weighted by Crippen LogP contribution is -2.14. The molecule has 6 heteroatoms. The summed E-state index contributed by atoms with van der Waals surface area (Å²) in [5.41, 5.74) is 2.51. The lowest BCUT2D eigenvalue weighted by Gasteiger charge is -2.14. The minimum absolute atomic E-state index is 0.0188. The zero-order chi connectivity index (χ0) is 16.6. The number of aliphatic hydroxyl groups is 1. The van der Waals surface area contributed by atoms with Crippen molar-refractivity contribution in [1.82, 2.24) is 9.97 Å². The predicted octanol–water partition coefficient (Wildman–Crippen LogP) is 3.08. The number of allylic oxidation sites excluding steroid dienone is 1. The molecule has 0 spiro atoms. The van der Waals surface area contributed by atoms with Crippen LogP contribution in [0.25, 0.3) is 5.76 Å². The summed E-state index contributed by atoms with van der Waals surface area (Å²) >= 11 is 1.25. The molecular formula is C17H16N2O3S. The van der Waals surface area contributed by atoms with Crippen molar-refractivity contribution in [2.75, 3.05) is 0 Å². The monoisotopic (exact) mass is 328 g/mol. The molecule has 118 valence electrons. The van der Waals surface area contributed by atoms with Gasteiger partial charge >= 0.3 is 0 Å². The average Bonchev–Trinajstić information content (AvgIpc) is 2.90. The number of Topliss-reactive ketones (excluding diaryl/α,β-unsaturated/α-hetero) is 2. The number of aryl methyl sites for hydroxylation is 2. The van der Waals surface area contributed by atoms with Gasteiger partial charge in [-0.2, -0.15) is 0 Å². The molecule has 23 heavy (non-hydrogen) atoms. The van der Waals surface area contributed by atoms with Gasteiger partial charge in [0.05, 0.1) is 17.0 Å². The van der Waals surface area contributed by atoms with Crippen LogP contribution in [0.1, 0.15) is 45.0 Å². The van der Waals surface area contributed by atoms with E-state index in [2.05, 4.69) is 9.97 Å². The SMILES string of the molecule is CC(=O)Cc1nc2c(s1)C(=O)C(=C(O)c1ccc(C)nc1)CC2. The van der Waals surface area contributed by atoms with Crippen molar-refractivity contribution in [1.29, 1.82) is 0 Å². The number of hydrogen-bond donors (Lipinski definition) is 1. The van der Waals surface area contributed by atoms with Crippen molar-refractivity contribution in [3.8, 4) is 0 Å². The molecule has 0 atom stereocenters. The molecule has 1 aliphatic rings. The molecule has 2 aromatic heterocycles. The van der Waals surface area contributed by atoms with Crippen LogP contribution in [0.3, 0.4) is 0 Å². The van der Waals surface area contributed by atoms with Gasteiger partial charge in [0.1, 0.15) is 16.6 Å². The number of rotatable bonds is 3. The number of thiazole rings is 1. The maximum atomic E-state index is 12.6. The van der Waals surface area contributed by atoms with Crippen LogP contribution in [0.5, 0.6) is 0 Å². The molecule has 0 unspecified atom stereocenters. The van der Waals surface area contributed by atoms with Gasteiger partial charge in [0, 0.05) is 23.0 Å². The second kappa shape index (κ2) is 6.04. The Labute approximate surface area is 137 Å². The van der Waals surface area contributed by atoms with Crippen LogP contribution in [-0.2, 0) is 17.6 Å². The van der Waals surface area contributed by atoms with Gasteiger partial charge in [-0.25, -0.2) is 4.98 Å². The van der Waals surface area contributed by atoms with Crippen LogP contribution in [0.4, 0.5) is 0 Å². The number of ketones is 2. The zero-order valence-electron chi connectivity index (χ0n) is 12.9. The summed E-state index contributed by atoms with van der Waals surface area (Å²) in [4.78, 5) is 32.9. The van der Waals surface area contributed by atoms with E-state index in [0.29, 0.717) is 33.9 Å². The molecule has 2 heterocycles. The van der Waals surface area contributed by atoms with Crippen molar-refractivity contribution in [2.45, 2.75) is 33.1 Å². The maximum Gasteiger partial charge on any atom is 0.204 e. The number of aromatic nitrogens is 2. The number of carbonyl (C=O) groups excluding carboxylic acids is 2. The Morgan fingerprint density at radius 3 is 2.78 bits per heavy atom. The number of hydrogen-bond acceptors (Lipinski definition) is 6. The third kappa shape index (κ3) is 3.07. The standard InChI is InChI=1S/C17H16N2O3S/c1-9-3-4-11(8-18-9)15(21)12-5-6-13-17(16(12)22)23-14(19-13)7-10(2)20/h3-4,8,21H,5-7H2,1-2H3. The second-order valence-electron chi connectivity index (χ2n) is 5.61. The van der Waals surface area contributed by atoms with E-state index in [1.165, 1.54) is 18.3 Å². The summed E-state index contributed by atoms with van der Waals surface area (Å²) in [7, 11) is 0. The number of fused-ring (bicyclic) bond motifs is 1. The molecule has 0 aliphatic heterocycles. The van der Waals surface area contributed by atoms with Gasteiger partial charge in [0.15, 0.2) is 0 Å². The fourth-order valence-corrected chi connectivity index (χ4v) is 3.69. The first kappa shape index (κ1) is 15.6. The van der Waals surface area contributed by atoms with Gasteiger partial charge in [0.2, 0.25) is 5.78 Å². The lowest BCUT2D eigenvalue weighted by atomic mass is 9.93. The van der Waals surface area contributed by atoms with Gasteiger partial charge in [-0.15, -0.1) is 11.3 Å². The van der Waals surface area contributed by atoms with E-state index in [1.807, 2.05) is 6.92 Å². The minimum Gasteiger partial charge on any atom is -0.507 e. The summed E-state index contributed by atoms with van der Waals surface area (Å²) in [5, 5.41) is 11.1. The summed E-state index contributed by atoms with van der Waals surface area (Å²) in [6.07, 6.45) is 2.84. The van der Waals surface area contributed by atoms with Crippen LogP contribution in [0.2, 0.25) is 0 Å². The largest absolute Gasteiger partial charge is 0.507 e. The van der Waals surface area contributed by atoms with E-state index < -0.39 is 0 Å². The Hall–Kier alpha value is -2.34. The second-order valence-corrected chi connectivity index (χ2v) is 6.69. The minimum atomic E-state index is -0.198. The average molecular weight is 328 g/mol. The number of nitrogens with zero attached hydrogens (tertiary/aromatic N) is 2. The van der Waals surface area contributed by atoms with Crippen LogP contribution >= 0.6 is 11.3 Å². The van der Waals surface area contributed by atoms with Gasteiger partial charge in [-0.1, -0.05) is 0 Å². The molecule has 2 aromatic rings. The first-order valence-corrected chi connectivity index (χ1v) is 8.15. The molecule has 0 saturated carbocycles. The topological polar surface area (TPSA) is 80.2 Å². The maximum absolute atomic E-state index is 12.6. The Morgan fingerprint density at radius 2 is 2.13 bits per heavy atom. The molecule has 0 amide bonds. The molecule has 1 aliphatic carbocycles. The summed E-state index contributed by atoms with van der Waals surface area (Å²) < 4.78 is 0. The number of carbonyl (C=O) groups is 2. The van der Waals surface area contributed by atoms with Crippen LogP contribution in [0, 0.1) is 6.92 Å². The molecule has 1 N–H and O–H groups in total. The van der Waals surface area contributed by atoms with Crippen molar-refractivity contribution >= 4 is 28.7 Å². The Bertz CT molecular complexity index is 819. The van der Waals surface area contributed by atoms with Crippen molar-refractivity contribution in [3.63, 3.8) is 0 Å². The fraction of sp³-hybridized carbons (Fsp3) is 0.294. The molecule has 0 radical (unpaired) electrons. The van der Waals surface area contributed by atoms with Crippen molar-refractivity contribution in [2.24, 2.45) is 0 Å². The van der Waals surface area contributed by atoms with Gasteiger partial charge in [0.25, 0.3) is 0 Å². The van der Waals surface area contributed by atoms with Gasteiger partial charge in [-0.05, 0) is 38.8 Å². The van der Waals surface area contributed by atoms with E-state index in [1.54, 1.807) is 18.3 Å². The fourth-order valence-electron chi connectivity index (χ4n) is 2.54. The lowest BCUT2D eigenvalue weighted by molar-refractivity contribution is -0.116. The van der Waals surface area contributed by atoms with E-state index >= 15 is 0 Å². The van der Waals surface area contributed by atoms with E-state index in [-0.39, 0.29) is 23.7 Å². The Balaban J connectivity index is 1.96. The summed E-state index contributed by atoms with van der Waals surface area (Å²) in [6, 6.07) is 3.55. The van der Waals surface area contributed by atoms with Crippen LogP contribution < -0.4 is 0 Å². The molecule has 0 saturated heterocycles. The predicted molar refractivity (Wildman–Crippen MR) is 87.7 cm³/mol. The smallest absolute Gasteiger partial charge is 0.204 e. The highest BCUT2D eigenvalue weighted by Gasteiger charge is 2.29. The molecule has 0 bridgehead atoms. The van der Waals surface area contributed by atoms with Gasteiger partial charge < -0.3 is 5.11 Å². The van der Waals surface area contributed by atoms with Gasteiger partial charge in [-0.3, -0.25) is 14.6 Å². The Kier molecular flexibility index (Phi) is 4.09. The van der Waals surface area contributed by atoms with Crippen LogP contribution in [-0.4, -0.2) is 26.6 Å². The molecular weight excluding hydrogens is 312 g/mol. The zero-order valence-corrected chi connectivity index (χ0v) is 13.7. The van der Waals surface area contributed by atoms with Crippen molar-refractivity contribution < 1.29 is 14.7 Å². The third-order valence-corrected chi connectivity index (χ3v) is 4.80. The third-order valence-electron chi connectivity index (χ3n) is 3.70. The Morgan fingerprint density at radius 1 is 1.35 bits per heavy atom. The molecule has 0 fully saturated rings. The van der Waals surface area contributed by atoms with Crippen molar-refractivity contribution in [3.05, 3.63) is 50.7 Å². The van der Waals surface area contributed by atoms with E-state index in [9.17, 15) is 14.7 Å². The molecule has 5 nitrogen and oxygen atoms in total. The normalized spacial score (nSPS) is 16.2. The molecule has 0 aromatic carbocycles. The highest BCUT2D eigenvalue weighted by atomic mass is 32.1. The van der Waals surface area contributed by atoms with E-state index in [0.717, 1.165) is 11.4 Å². The molecule has 3 rings (SSSR count). The first-order valence-electron chi connectivity index (χ1n) is 7.33. The first-order chi connectivity index (χ1) is 11.0. The summed E-state index contributed by atoms with van der Waals surface area (Å²) in [5.74, 6) is -0.195. The van der Waals surface area contributed by atoms with Crippen LogP contribution in [0.15, 0.2) is 23.9 Å². The highest BCUT2D eigenvalue weighted by molar-refractivity contribution is 7.14. The number of pyridine rings is 1. The quantitative estimate of drug-likeness (QED) is 0.692. The summed E-state index contributed by atoms with van der Waals surface area (Å²) in [6.45, 7) is 3.36. The number of aliphatic hydroxyl groups excluding tert-OH is 1. The highest BCUT2D eigenvalue weighted by Crippen LogP contribution is 2.33. The van der Waals surface area contributed by atoms with E-state index in [4.69, 9.17) is 0 Å².